The summed E-state index contributed by atoms with van der Waals surface area (Å²) >= 11 is 1.34. The van der Waals surface area contributed by atoms with Gasteiger partial charge in [-0.2, -0.15) is 0 Å². The van der Waals surface area contributed by atoms with E-state index < -0.39 is 0 Å². The number of aryl methyl sites for hydroxylation is 2. The number of fused-ring (bicyclic) bond motifs is 1. The summed E-state index contributed by atoms with van der Waals surface area (Å²) in [6.45, 7) is 5.13. The topological polar surface area (TPSA) is 77.2 Å². The number of carbonyl (C=O) groups excluding carboxylic acids is 1. The molecule has 20 heavy (non-hydrogen) atoms. The molecule has 0 aliphatic rings. The Morgan fingerprint density at radius 2 is 2.25 bits per heavy atom. The zero-order valence-corrected chi connectivity index (χ0v) is 12.8. The average Bonchev–Trinajstić information content (AvgIpc) is 2.71. The largest absolute Gasteiger partial charge is 0.397 e. The summed E-state index contributed by atoms with van der Waals surface area (Å²) in [7, 11) is 1.64. The first-order valence-corrected chi connectivity index (χ1v) is 7.29. The van der Waals surface area contributed by atoms with Gasteiger partial charge in [0.25, 0.3) is 5.91 Å². The Kier molecular flexibility index (Phi) is 4.57. The van der Waals surface area contributed by atoms with Gasteiger partial charge in [0, 0.05) is 31.3 Å². The molecule has 0 fully saturated rings. The summed E-state index contributed by atoms with van der Waals surface area (Å²) in [6, 6.07) is 1.98. The van der Waals surface area contributed by atoms with Gasteiger partial charge in [0.1, 0.15) is 9.71 Å². The molecule has 0 unspecified atom stereocenters. The van der Waals surface area contributed by atoms with Crippen molar-refractivity contribution < 1.29 is 9.53 Å². The monoisotopic (exact) mass is 293 g/mol. The number of nitrogen functional groups attached to an aromatic ring is 1. The first kappa shape index (κ1) is 14.7. The normalized spacial score (nSPS) is 10.9. The van der Waals surface area contributed by atoms with Crippen LogP contribution in [0.4, 0.5) is 5.69 Å². The quantitative estimate of drug-likeness (QED) is 0.829. The van der Waals surface area contributed by atoms with E-state index in [2.05, 4.69) is 10.3 Å². The maximum atomic E-state index is 12.1. The molecular formula is C14H19N3O2S. The Morgan fingerprint density at radius 1 is 1.50 bits per heavy atom. The molecule has 0 atom stereocenters. The molecule has 0 radical (unpaired) electrons. The summed E-state index contributed by atoms with van der Waals surface area (Å²) in [6.07, 6.45) is 0.781. The lowest BCUT2D eigenvalue weighted by atomic mass is 10.1. The maximum absolute atomic E-state index is 12.1. The third-order valence-electron chi connectivity index (χ3n) is 3.04. The summed E-state index contributed by atoms with van der Waals surface area (Å²) < 4.78 is 4.95. The molecule has 5 nitrogen and oxygen atoms in total. The Labute approximate surface area is 122 Å². The molecule has 0 aliphatic heterocycles. The van der Waals surface area contributed by atoms with Crippen LogP contribution < -0.4 is 11.1 Å². The van der Waals surface area contributed by atoms with E-state index in [0.29, 0.717) is 23.7 Å². The lowest BCUT2D eigenvalue weighted by Crippen LogP contribution is -2.25. The third-order valence-corrected chi connectivity index (χ3v) is 4.14. The standard InChI is InChI=1S/C14H19N3O2S/c1-8-7-9(2)17-14-10(8)11(15)12(20-14)13(18)16-5-4-6-19-3/h7H,4-6,15H2,1-3H3,(H,16,18). The Bertz CT molecular complexity index is 637. The molecule has 2 aromatic heterocycles. The second-order valence-electron chi connectivity index (χ2n) is 4.71. The number of aromatic nitrogens is 1. The molecule has 0 saturated heterocycles. The lowest BCUT2D eigenvalue weighted by Gasteiger charge is -2.04. The van der Waals surface area contributed by atoms with Gasteiger partial charge >= 0.3 is 0 Å². The minimum atomic E-state index is -0.140. The molecule has 2 heterocycles. The number of rotatable bonds is 5. The van der Waals surface area contributed by atoms with Crippen LogP contribution in [0.2, 0.25) is 0 Å². The first-order valence-electron chi connectivity index (χ1n) is 6.48. The number of nitrogens with one attached hydrogen (secondary N) is 1. The van der Waals surface area contributed by atoms with Crippen LogP contribution in [0.25, 0.3) is 10.2 Å². The van der Waals surface area contributed by atoms with Crippen LogP contribution >= 0.6 is 11.3 Å². The molecule has 0 aliphatic carbocycles. The molecule has 1 amide bonds. The fourth-order valence-corrected chi connectivity index (χ4v) is 3.27. The molecule has 108 valence electrons. The highest BCUT2D eigenvalue weighted by atomic mass is 32.1. The highest BCUT2D eigenvalue weighted by Crippen LogP contribution is 2.34. The van der Waals surface area contributed by atoms with Gasteiger partial charge in [-0.1, -0.05) is 0 Å². The number of anilines is 1. The molecule has 0 bridgehead atoms. The average molecular weight is 293 g/mol. The van der Waals surface area contributed by atoms with E-state index in [4.69, 9.17) is 10.5 Å². The van der Waals surface area contributed by atoms with Gasteiger partial charge in [-0.15, -0.1) is 11.3 Å². The second-order valence-corrected chi connectivity index (χ2v) is 5.71. The van der Waals surface area contributed by atoms with Crippen molar-refractivity contribution in [3.05, 3.63) is 22.2 Å². The number of hydrogen-bond donors (Lipinski definition) is 2. The summed E-state index contributed by atoms with van der Waals surface area (Å²) in [5.41, 5.74) is 8.62. The van der Waals surface area contributed by atoms with Gasteiger partial charge in [-0.05, 0) is 31.9 Å². The Hall–Kier alpha value is -1.66. The summed E-state index contributed by atoms with van der Waals surface area (Å²) in [4.78, 5) is 18.0. The number of thiophene rings is 1. The Morgan fingerprint density at radius 3 is 2.95 bits per heavy atom. The fourth-order valence-electron chi connectivity index (χ4n) is 2.14. The highest BCUT2D eigenvalue weighted by molar-refractivity contribution is 7.21. The summed E-state index contributed by atoms with van der Waals surface area (Å²) in [5.74, 6) is -0.140. The molecule has 3 N–H and O–H groups in total. The van der Waals surface area contributed by atoms with Gasteiger partial charge in [0.15, 0.2) is 0 Å². The number of nitrogens with zero attached hydrogens (tertiary/aromatic N) is 1. The van der Waals surface area contributed by atoms with Gasteiger partial charge in [0.2, 0.25) is 0 Å². The lowest BCUT2D eigenvalue weighted by molar-refractivity contribution is 0.0953. The van der Waals surface area contributed by atoms with E-state index in [0.717, 1.165) is 27.9 Å². The van der Waals surface area contributed by atoms with Crippen LogP contribution in [0.15, 0.2) is 6.07 Å². The van der Waals surface area contributed by atoms with Crippen molar-refractivity contribution in [2.75, 3.05) is 26.0 Å². The van der Waals surface area contributed by atoms with E-state index in [1.165, 1.54) is 11.3 Å². The van der Waals surface area contributed by atoms with Crippen molar-refractivity contribution in [2.45, 2.75) is 20.3 Å². The smallest absolute Gasteiger partial charge is 0.263 e. The van der Waals surface area contributed by atoms with Crippen LogP contribution in [0.3, 0.4) is 0 Å². The van der Waals surface area contributed by atoms with Crippen molar-refractivity contribution in [1.29, 1.82) is 0 Å². The predicted molar refractivity (Wildman–Crippen MR) is 82.3 cm³/mol. The second kappa shape index (κ2) is 6.19. The first-order chi connectivity index (χ1) is 9.54. The number of amides is 1. The third kappa shape index (κ3) is 2.91. The minimum Gasteiger partial charge on any atom is -0.397 e. The number of hydrogen-bond acceptors (Lipinski definition) is 5. The number of pyridine rings is 1. The minimum absolute atomic E-state index is 0.140. The highest BCUT2D eigenvalue weighted by Gasteiger charge is 2.18. The molecule has 0 aromatic carbocycles. The molecule has 2 rings (SSSR count). The van der Waals surface area contributed by atoms with E-state index in [9.17, 15) is 4.79 Å². The van der Waals surface area contributed by atoms with Crippen LogP contribution in [0, 0.1) is 13.8 Å². The zero-order valence-electron chi connectivity index (χ0n) is 11.9. The van der Waals surface area contributed by atoms with Crippen molar-refractivity contribution in [1.82, 2.24) is 10.3 Å². The van der Waals surface area contributed by atoms with Crippen LogP contribution in [-0.2, 0) is 4.74 Å². The van der Waals surface area contributed by atoms with Gasteiger partial charge in [-0.3, -0.25) is 4.79 Å². The molecular weight excluding hydrogens is 274 g/mol. The number of ether oxygens (including phenoxy) is 1. The molecule has 6 heteroatoms. The molecule has 2 aromatic rings. The molecule has 0 saturated carbocycles. The number of methoxy groups -OCH3 is 1. The predicted octanol–water partition coefficient (Wildman–Crippen LogP) is 2.26. The zero-order chi connectivity index (χ0) is 14.7. The van der Waals surface area contributed by atoms with E-state index in [1.54, 1.807) is 7.11 Å². The number of carbonyl (C=O) groups is 1. The maximum Gasteiger partial charge on any atom is 0.263 e. The molecule has 0 spiro atoms. The summed E-state index contributed by atoms with van der Waals surface area (Å²) in [5, 5.41) is 3.74. The van der Waals surface area contributed by atoms with E-state index in [-0.39, 0.29) is 5.91 Å². The fraction of sp³-hybridized carbons (Fsp3) is 0.429. The van der Waals surface area contributed by atoms with Crippen molar-refractivity contribution in [3.63, 3.8) is 0 Å². The van der Waals surface area contributed by atoms with Crippen molar-refractivity contribution in [3.8, 4) is 0 Å². The van der Waals surface area contributed by atoms with Crippen molar-refractivity contribution in [2.24, 2.45) is 0 Å². The van der Waals surface area contributed by atoms with E-state index >= 15 is 0 Å². The van der Waals surface area contributed by atoms with Crippen LogP contribution in [0.1, 0.15) is 27.3 Å². The van der Waals surface area contributed by atoms with Crippen LogP contribution in [0.5, 0.6) is 0 Å². The SMILES string of the molecule is COCCCNC(=O)c1sc2nc(C)cc(C)c2c1N. The van der Waals surface area contributed by atoms with E-state index in [1.807, 2.05) is 19.9 Å². The van der Waals surface area contributed by atoms with Crippen LogP contribution in [-0.4, -0.2) is 31.2 Å². The van der Waals surface area contributed by atoms with Gasteiger partial charge < -0.3 is 15.8 Å². The van der Waals surface area contributed by atoms with Gasteiger partial charge in [0.05, 0.1) is 5.69 Å². The van der Waals surface area contributed by atoms with Gasteiger partial charge in [-0.25, -0.2) is 4.98 Å². The Balaban J connectivity index is 2.24. The number of nitrogens with two attached hydrogens (primary N) is 1. The van der Waals surface area contributed by atoms with Crippen molar-refractivity contribution >= 4 is 33.1 Å².